The summed E-state index contributed by atoms with van der Waals surface area (Å²) in [5.41, 5.74) is 1.85. The molecule has 0 atom stereocenters. The van der Waals surface area contributed by atoms with Crippen LogP contribution < -0.4 is 5.56 Å². The summed E-state index contributed by atoms with van der Waals surface area (Å²) in [6.07, 6.45) is 4.86. The number of pyridine rings is 1. The van der Waals surface area contributed by atoms with Crippen molar-refractivity contribution in [1.82, 2.24) is 15.0 Å². The van der Waals surface area contributed by atoms with Gasteiger partial charge in [0.1, 0.15) is 0 Å². The molecular weight excluding hydrogens is 190 g/mol. The van der Waals surface area contributed by atoms with Crippen molar-refractivity contribution in [2.24, 2.45) is 0 Å². The molecule has 2 aromatic heterocycles. The molecule has 4 heteroatoms. The molecule has 0 unspecified atom stereocenters. The van der Waals surface area contributed by atoms with Crippen LogP contribution in [-0.4, -0.2) is 15.0 Å². The first-order valence-electron chi connectivity index (χ1n) is 4.83. The fourth-order valence-corrected chi connectivity index (χ4v) is 1.55. The minimum absolute atomic E-state index is 0.0571. The van der Waals surface area contributed by atoms with Gasteiger partial charge in [-0.2, -0.15) is 0 Å². The predicted octanol–water partition coefficient (Wildman–Crippen LogP) is 1.62. The van der Waals surface area contributed by atoms with Gasteiger partial charge in [0.25, 0.3) is 5.56 Å². The van der Waals surface area contributed by atoms with Crippen LogP contribution in [0.1, 0.15) is 26.3 Å². The van der Waals surface area contributed by atoms with Crippen LogP contribution in [0.4, 0.5) is 0 Å². The van der Waals surface area contributed by atoms with Crippen molar-refractivity contribution in [3.63, 3.8) is 0 Å². The van der Waals surface area contributed by atoms with E-state index in [1.165, 1.54) is 6.20 Å². The Morgan fingerprint density at radius 2 is 1.73 bits per heavy atom. The van der Waals surface area contributed by atoms with Gasteiger partial charge in [0.2, 0.25) is 0 Å². The lowest BCUT2D eigenvalue weighted by Gasteiger charge is -2.19. The monoisotopic (exact) mass is 203 g/mol. The molecule has 2 heterocycles. The third kappa shape index (κ3) is 1.63. The number of nitrogens with one attached hydrogen (secondary N) is 1. The van der Waals surface area contributed by atoms with Gasteiger partial charge < -0.3 is 4.98 Å². The maximum absolute atomic E-state index is 11.5. The number of aromatic amines is 1. The highest BCUT2D eigenvalue weighted by molar-refractivity contribution is 5.77. The molecule has 0 aliphatic heterocycles. The summed E-state index contributed by atoms with van der Waals surface area (Å²) in [5.74, 6) is 0. The third-order valence-electron chi connectivity index (χ3n) is 2.32. The van der Waals surface area contributed by atoms with Crippen LogP contribution in [0.5, 0.6) is 0 Å². The Morgan fingerprint density at radius 1 is 1.13 bits per heavy atom. The van der Waals surface area contributed by atoms with Crippen molar-refractivity contribution in [2.45, 2.75) is 26.2 Å². The molecule has 0 aromatic carbocycles. The highest BCUT2D eigenvalue weighted by Crippen LogP contribution is 2.25. The molecule has 1 N–H and O–H groups in total. The molecule has 0 aliphatic carbocycles. The van der Waals surface area contributed by atoms with Gasteiger partial charge in [0, 0.05) is 24.2 Å². The standard InChI is InChI=1S/C11H13N3O/c1-11(2,3)7-6-14-10(15)9-8(7)12-4-5-13-9/h4-6H,1-3H3,(H,14,15). The van der Waals surface area contributed by atoms with E-state index >= 15 is 0 Å². The van der Waals surface area contributed by atoms with Crippen molar-refractivity contribution in [2.75, 3.05) is 0 Å². The van der Waals surface area contributed by atoms with Crippen LogP contribution in [0.3, 0.4) is 0 Å². The van der Waals surface area contributed by atoms with Crippen molar-refractivity contribution >= 4 is 11.0 Å². The van der Waals surface area contributed by atoms with E-state index < -0.39 is 0 Å². The van der Waals surface area contributed by atoms with E-state index in [0.717, 1.165) is 5.56 Å². The summed E-state index contributed by atoms with van der Waals surface area (Å²) < 4.78 is 0. The van der Waals surface area contributed by atoms with Crippen LogP contribution >= 0.6 is 0 Å². The van der Waals surface area contributed by atoms with Gasteiger partial charge in [0.05, 0.1) is 5.52 Å². The number of hydrogen-bond donors (Lipinski definition) is 1. The first-order chi connectivity index (χ1) is 7.00. The maximum Gasteiger partial charge on any atom is 0.276 e. The minimum atomic E-state index is -0.189. The highest BCUT2D eigenvalue weighted by atomic mass is 16.1. The van der Waals surface area contributed by atoms with Crippen molar-refractivity contribution < 1.29 is 0 Å². The van der Waals surface area contributed by atoms with Gasteiger partial charge in [-0.05, 0) is 5.41 Å². The second-order valence-corrected chi connectivity index (χ2v) is 4.54. The second-order valence-electron chi connectivity index (χ2n) is 4.54. The average molecular weight is 203 g/mol. The number of H-pyrrole nitrogens is 1. The van der Waals surface area contributed by atoms with Gasteiger partial charge in [-0.25, -0.2) is 4.98 Å². The van der Waals surface area contributed by atoms with Gasteiger partial charge >= 0.3 is 0 Å². The SMILES string of the molecule is CC(C)(C)c1c[nH]c(=O)c2nccnc12. The van der Waals surface area contributed by atoms with E-state index in [2.05, 4.69) is 35.7 Å². The molecule has 15 heavy (non-hydrogen) atoms. The lowest BCUT2D eigenvalue weighted by molar-refractivity contribution is 0.591. The zero-order valence-electron chi connectivity index (χ0n) is 9.03. The van der Waals surface area contributed by atoms with E-state index in [1.807, 2.05) is 0 Å². The van der Waals surface area contributed by atoms with Crippen LogP contribution in [0.15, 0.2) is 23.4 Å². The molecule has 0 aliphatic rings. The Balaban J connectivity index is 2.90. The van der Waals surface area contributed by atoms with Crippen LogP contribution in [-0.2, 0) is 5.41 Å². The maximum atomic E-state index is 11.5. The Kier molecular flexibility index (Phi) is 2.07. The molecular formula is C11H13N3O. The predicted molar refractivity (Wildman–Crippen MR) is 58.9 cm³/mol. The molecule has 2 aromatic rings. The third-order valence-corrected chi connectivity index (χ3v) is 2.32. The average Bonchev–Trinajstić information content (AvgIpc) is 2.17. The first-order valence-corrected chi connectivity index (χ1v) is 4.83. The van der Waals surface area contributed by atoms with E-state index in [-0.39, 0.29) is 11.0 Å². The first kappa shape index (κ1) is 9.83. The highest BCUT2D eigenvalue weighted by Gasteiger charge is 2.19. The molecule has 0 fully saturated rings. The zero-order valence-corrected chi connectivity index (χ0v) is 9.03. The number of nitrogens with zero attached hydrogens (tertiary/aromatic N) is 2. The summed E-state index contributed by atoms with van der Waals surface area (Å²) in [6, 6.07) is 0. The zero-order chi connectivity index (χ0) is 11.1. The van der Waals surface area contributed by atoms with Crippen LogP contribution in [0.25, 0.3) is 11.0 Å². The number of rotatable bonds is 0. The normalized spacial score (nSPS) is 11.9. The van der Waals surface area contributed by atoms with E-state index in [0.29, 0.717) is 11.0 Å². The van der Waals surface area contributed by atoms with Gasteiger partial charge in [-0.3, -0.25) is 9.78 Å². The van der Waals surface area contributed by atoms with Gasteiger partial charge in [-0.1, -0.05) is 20.8 Å². The summed E-state index contributed by atoms with van der Waals surface area (Å²) in [7, 11) is 0. The van der Waals surface area contributed by atoms with Crippen LogP contribution in [0.2, 0.25) is 0 Å². The fraction of sp³-hybridized carbons (Fsp3) is 0.364. The lowest BCUT2D eigenvalue weighted by Crippen LogP contribution is -2.17. The number of hydrogen-bond acceptors (Lipinski definition) is 3. The number of fused-ring (bicyclic) bond motifs is 1. The summed E-state index contributed by atoms with van der Waals surface area (Å²) in [6.45, 7) is 6.23. The van der Waals surface area contributed by atoms with Crippen molar-refractivity contribution in [1.29, 1.82) is 0 Å². The Morgan fingerprint density at radius 3 is 2.33 bits per heavy atom. The molecule has 0 spiro atoms. The Bertz CT molecular complexity index is 551. The summed E-state index contributed by atoms with van der Waals surface area (Å²) in [5, 5.41) is 0. The fourth-order valence-electron chi connectivity index (χ4n) is 1.55. The molecule has 0 saturated carbocycles. The number of aromatic nitrogens is 3. The van der Waals surface area contributed by atoms with Crippen molar-refractivity contribution in [3.05, 3.63) is 34.5 Å². The molecule has 0 saturated heterocycles. The van der Waals surface area contributed by atoms with Crippen molar-refractivity contribution in [3.8, 4) is 0 Å². The summed E-state index contributed by atoms with van der Waals surface area (Å²) >= 11 is 0. The molecule has 78 valence electrons. The lowest BCUT2D eigenvalue weighted by atomic mass is 9.87. The Hall–Kier alpha value is -1.71. The topological polar surface area (TPSA) is 58.6 Å². The summed E-state index contributed by atoms with van der Waals surface area (Å²) in [4.78, 5) is 22.5. The van der Waals surface area contributed by atoms with Gasteiger partial charge in [0.15, 0.2) is 5.52 Å². The van der Waals surface area contributed by atoms with Crippen LogP contribution in [0, 0.1) is 0 Å². The van der Waals surface area contributed by atoms with E-state index in [4.69, 9.17) is 0 Å². The minimum Gasteiger partial charge on any atom is -0.327 e. The smallest absolute Gasteiger partial charge is 0.276 e. The quantitative estimate of drug-likeness (QED) is 0.707. The Labute approximate surface area is 87.4 Å². The molecule has 4 nitrogen and oxygen atoms in total. The molecule has 0 bridgehead atoms. The van der Waals surface area contributed by atoms with E-state index in [1.54, 1.807) is 12.4 Å². The molecule has 0 amide bonds. The second kappa shape index (κ2) is 3.15. The van der Waals surface area contributed by atoms with E-state index in [9.17, 15) is 4.79 Å². The molecule has 0 radical (unpaired) electrons. The van der Waals surface area contributed by atoms with Gasteiger partial charge in [-0.15, -0.1) is 0 Å². The largest absolute Gasteiger partial charge is 0.327 e. The molecule has 2 rings (SSSR count).